The molecule has 0 bridgehead atoms. The van der Waals surface area contributed by atoms with E-state index in [-0.39, 0.29) is 156 Å². The first-order chi connectivity index (χ1) is 44.4. The van der Waals surface area contributed by atoms with Gasteiger partial charge in [-0.3, -0.25) is 32.2 Å². The molecule has 28 nitrogen and oxygen atoms in total. The summed E-state index contributed by atoms with van der Waals surface area (Å²) in [7, 11) is -7.74. The van der Waals surface area contributed by atoms with E-state index in [0.29, 0.717) is 16.5 Å². The van der Waals surface area contributed by atoms with Crippen LogP contribution >= 0.6 is 39.9 Å². The summed E-state index contributed by atoms with van der Waals surface area (Å²) in [4.78, 5) is 49.8. The molecule has 4 aromatic heterocycles. The standard InChI is InChI=1S/C20H21N3O5S.2C10H9N3O.C10H14O5S.C8H7BrO.C2H3N3.CH2O3.FH.HI.2Na.H/c1-16-7-9-19(10-8-16)29(24,25)27-14-18-13-26-20(28-18,15-23-21-11-12-22-23)17-5-3-2-4-6-17;2*14-10(8-13-11-6-7-12-13)9-4-2-1-3-5-9;1-8-2-4-10(5-3-8)16(13,14)15-7-9(12)6-11;9-6-8(10)7-4-2-1-3-5-7;1-2-4-5-3-1;2-1-4-3;;;;;/h2-12,18H,13-15H2,1H3;2*1-7H,8H2;2-5,9,11-12H,6-7H2,1H3;1-5H,6H2;1-2H,(H,3,4,5);1,3H;2*1H;;;/q;;;;;;;;;2*+1;-1/p-1/t18-,20+;;;;;;;;;;;/m0.........../s1. The van der Waals surface area contributed by atoms with Gasteiger partial charge in [0.25, 0.3) is 26.7 Å². The maximum atomic E-state index is 12.4. The van der Waals surface area contributed by atoms with E-state index in [9.17, 15) is 31.2 Å². The summed E-state index contributed by atoms with van der Waals surface area (Å²) >= 11 is 3.10. The average molecular weight is 1560 g/mol. The second-order valence-corrected chi connectivity index (χ2v) is 22.4. The summed E-state index contributed by atoms with van der Waals surface area (Å²) in [5, 5.41) is 59.4. The number of rotatable bonds is 21. The van der Waals surface area contributed by atoms with Crippen molar-refractivity contribution < 1.29 is 139 Å². The van der Waals surface area contributed by atoms with Crippen LogP contribution in [0, 0.1) is 13.8 Å². The van der Waals surface area contributed by atoms with Crippen molar-refractivity contribution in [1.82, 2.24) is 60.4 Å². The number of ether oxygens (including phenoxy) is 2. The maximum Gasteiger partial charge on any atom is 1.00 e. The largest absolute Gasteiger partial charge is 1.00 e. The number of Topliss-reactive ketones (excluding diaryl/α,β-unsaturated/α-hetero) is 3. The average Bonchev–Trinajstić information content (AvgIpc) is 1.67. The topological polar surface area (TPSA) is 380 Å². The first-order valence-electron chi connectivity index (χ1n) is 27.3. The van der Waals surface area contributed by atoms with Gasteiger partial charge in [-0.05, 0) is 38.1 Å². The molecule has 3 N–H and O–H groups in total. The number of aryl methyl sites for hydroxylation is 2. The van der Waals surface area contributed by atoms with Gasteiger partial charge in [-0.2, -0.15) is 77.2 Å². The summed E-state index contributed by atoms with van der Waals surface area (Å²) in [5.74, 6) is -0.966. The number of H-pyrrole nitrogens is 1. The molecule has 5 heterocycles. The monoisotopic (exact) mass is 1560 g/mol. The summed E-state index contributed by atoms with van der Waals surface area (Å²) in [6, 6.07) is 49.5. The molecule has 10 aromatic rings. The molecule has 0 saturated carbocycles. The van der Waals surface area contributed by atoms with Crippen LogP contribution in [0.4, 0.5) is 4.70 Å². The normalized spacial score (nSPS) is 13.5. The third-order valence-corrected chi connectivity index (χ3v) is 14.9. The summed E-state index contributed by atoms with van der Waals surface area (Å²) in [6.45, 7) is 3.19. The zero-order valence-electron chi connectivity index (χ0n) is 53.2. The molecule has 0 aliphatic carbocycles. The number of halogens is 3. The number of aliphatic hydroxyl groups is 2. The Balaban J connectivity index is 0.00000118. The number of alkyl halides is 1. The Labute approximate surface area is 623 Å². The molecule has 6 aromatic carbocycles. The molecule has 0 radical (unpaired) electrons. The quantitative estimate of drug-likeness (QED) is 0.0125. The molecule has 0 amide bonds. The smallest absolute Gasteiger partial charge is 1.00 e. The number of aromatic nitrogens is 12. The number of nitrogens with one attached hydrogen (secondary N) is 1. The fourth-order valence-corrected chi connectivity index (χ4v) is 9.52. The van der Waals surface area contributed by atoms with Crippen molar-refractivity contribution in [3.05, 3.63) is 253 Å². The molecular formula is C61H67BrFIN12Na2O16S2. The van der Waals surface area contributed by atoms with E-state index in [2.05, 4.69) is 71.0 Å². The van der Waals surface area contributed by atoms with Gasteiger partial charge in [0, 0.05) is 22.3 Å². The van der Waals surface area contributed by atoms with E-state index in [0.717, 1.165) is 22.3 Å². The second-order valence-electron chi connectivity index (χ2n) is 18.6. The molecule has 1 fully saturated rings. The Morgan fingerprint density at radius 2 is 0.990 bits per heavy atom. The molecule has 35 heteroatoms. The predicted octanol–water partition coefficient (Wildman–Crippen LogP) is 0.0305. The van der Waals surface area contributed by atoms with Crippen LogP contribution in [0.5, 0.6) is 0 Å². The van der Waals surface area contributed by atoms with Crippen LogP contribution in [0.3, 0.4) is 0 Å². The first-order valence-corrected chi connectivity index (χ1v) is 31.3. The number of nitrogens with zero attached hydrogens (tertiary/aromatic N) is 11. The van der Waals surface area contributed by atoms with Crippen molar-refractivity contribution in [2.24, 2.45) is 0 Å². The minimum Gasteiger partial charge on any atom is -1.00 e. The Morgan fingerprint density at radius 1 is 0.625 bits per heavy atom. The van der Waals surface area contributed by atoms with Crippen LogP contribution in [0.2, 0.25) is 0 Å². The van der Waals surface area contributed by atoms with Crippen LogP contribution < -0.4 is 64.4 Å². The second kappa shape index (κ2) is 47.9. The van der Waals surface area contributed by atoms with Gasteiger partial charge < -0.3 is 31.3 Å². The van der Waals surface area contributed by atoms with Crippen LogP contribution in [0.1, 0.15) is 49.2 Å². The van der Waals surface area contributed by atoms with Gasteiger partial charge in [0.1, 0.15) is 31.8 Å². The van der Waals surface area contributed by atoms with E-state index >= 15 is 0 Å². The van der Waals surface area contributed by atoms with Crippen molar-refractivity contribution in [1.29, 1.82) is 0 Å². The minimum atomic E-state index is -3.88. The zero-order chi connectivity index (χ0) is 66.5. The predicted molar refractivity (Wildman–Crippen MR) is 349 cm³/mol. The molecule has 96 heavy (non-hydrogen) atoms. The van der Waals surface area contributed by atoms with E-state index in [4.69, 9.17) is 33.9 Å². The summed E-state index contributed by atoms with van der Waals surface area (Å²) in [6.07, 6.45) is 10.8. The van der Waals surface area contributed by atoms with Crippen LogP contribution in [0.15, 0.2) is 229 Å². The van der Waals surface area contributed by atoms with Crippen LogP contribution in [0.25, 0.3) is 0 Å². The van der Waals surface area contributed by atoms with Crippen molar-refractivity contribution >= 4 is 84.0 Å². The molecule has 1 aliphatic rings. The Kier molecular flexibility index (Phi) is 43.5. The summed E-state index contributed by atoms with van der Waals surface area (Å²) < 4.78 is 69.9. The van der Waals surface area contributed by atoms with Crippen molar-refractivity contribution in [2.75, 3.05) is 31.8 Å². The van der Waals surface area contributed by atoms with Crippen LogP contribution in [-0.2, 0) is 73.2 Å². The Morgan fingerprint density at radius 3 is 1.34 bits per heavy atom. The fraction of sp³-hybridized carbons (Fsp3) is 0.213. The molecule has 1 saturated heterocycles. The third kappa shape index (κ3) is 32.0. The molecule has 1 aliphatic heterocycles. The van der Waals surface area contributed by atoms with Gasteiger partial charge in [0.2, 0.25) is 5.79 Å². The molecule has 11 rings (SSSR count). The van der Waals surface area contributed by atoms with Gasteiger partial charge in [0.15, 0.2) is 17.3 Å². The van der Waals surface area contributed by atoms with Gasteiger partial charge in [0.05, 0.1) is 91.1 Å². The SMILES string of the molecule is Cc1ccc(S(=O)(=O)OCC(O)CO)cc1.Cc1ccc(S(=O)(=O)OC[C@@H]2CO[C@@](Cn3nccn3)(c3ccccc3)O2)cc1.F.I.O=C(CBr)c1ccccc1.O=C(Cn1nccn1)c1ccccc1.O=C(Cn1nccn1)c1ccccc1.O=CO[O-].[H-].[Na+].[Na+].c1cn[nH]n1. The van der Waals surface area contributed by atoms with E-state index in [1.54, 1.807) is 98.1 Å². The molecule has 1 unspecified atom stereocenters. The van der Waals surface area contributed by atoms with Crippen LogP contribution in [-0.4, -0.2) is 155 Å². The Hall–Kier alpha value is -6.88. The number of carbonyl (C=O) groups excluding carboxylic acids is 4. The molecule has 3 atom stereocenters. The number of ketones is 3. The first kappa shape index (κ1) is 87.1. The number of hydrogen-bond acceptors (Lipinski definition) is 24. The molecule has 502 valence electrons. The van der Waals surface area contributed by atoms with E-state index < -0.39 is 51.4 Å². The third-order valence-electron chi connectivity index (χ3n) is 11.8. The Bertz CT molecular complexity index is 3810. The molecule has 0 spiro atoms. The van der Waals surface area contributed by atoms with Crippen molar-refractivity contribution in [3.8, 4) is 0 Å². The number of aromatic amines is 1. The number of carbonyl (C=O) groups is 4. The molecular weight excluding hydrogens is 1490 g/mol. The fourth-order valence-electron chi connectivity index (χ4n) is 7.31. The van der Waals surface area contributed by atoms with Gasteiger partial charge in [-0.15, -0.1) is 24.0 Å². The number of hydrogen-bond donors (Lipinski definition) is 3. The van der Waals surface area contributed by atoms with Crippen molar-refractivity contribution in [2.45, 2.75) is 61.3 Å². The van der Waals surface area contributed by atoms with Gasteiger partial charge >= 0.3 is 59.1 Å². The maximum absolute atomic E-state index is 12.4. The van der Waals surface area contributed by atoms with Gasteiger partial charge in [-0.25, -0.2) is 0 Å². The number of benzene rings is 6. The van der Waals surface area contributed by atoms with Crippen molar-refractivity contribution in [3.63, 3.8) is 0 Å². The number of aliphatic hydroxyl groups excluding tert-OH is 2. The minimum absolute atomic E-state index is 0. The summed E-state index contributed by atoms with van der Waals surface area (Å²) in [5.41, 5.74) is 4.83. The van der Waals surface area contributed by atoms with Gasteiger partial charge in [-0.1, -0.05) is 173 Å². The van der Waals surface area contributed by atoms with E-state index in [1.165, 1.54) is 38.7 Å². The van der Waals surface area contributed by atoms with E-state index in [1.807, 2.05) is 111 Å². The zero-order valence-corrected chi connectivity index (χ0v) is 61.8.